The molecule has 0 unspecified atom stereocenters. The fraction of sp³-hybridized carbons (Fsp3) is 0.423. The summed E-state index contributed by atoms with van der Waals surface area (Å²) in [6, 6.07) is 13.2. The minimum atomic E-state index is -0.756. The molecular weight excluding hydrogens is 418 g/mol. The van der Waals surface area contributed by atoms with Crippen molar-refractivity contribution >= 4 is 22.5 Å². The summed E-state index contributed by atoms with van der Waals surface area (Å²) >= 11 is 0. The van der Waals surface area contributed by atoms with Crippen molar-refractivity contribution in [1.82, 2.24) is 10.3 Å². The summed E-state index contributed by atoms with van der Waals surface area (Å²) in [4.78, 5) is 16.2. The number of rotatable bonds is 9. The van der Waals surface area contributed by atoms with Crippen molar-refractivity contribution in [1.29, 1.82) is 0 Å². The molecule has 176 valence electrons. The Labute approximate surface area is 194 Å². The molecular formula is C26H33N3O4. The minimum absolute atomic E-state index is 0.161. The van der Waals surface area contributed by atoms with Crippen molar-refractivity contribution in [2.24, 2.45) is 0 Å². The number of fused-ring (bicyclic) bond motifs is 1. The summed E-state index contributed by atoms with van der Waals surface area (Å²) in [6.07, 6.45) is 2.28. The lowest BCUT2D eigenvalue weighted by Gasteiger charge is -2.17. The molecule has 0 bridgehead atoms. The Bertz CT molecular complexity index is 1090. The van der Waals surface area contributed by atoms with Gasteiger partial charge in [0, 0.05) is 47.5 Å². The van der Waals surface area contributed by atoms with Gasteiger partial charge in [0.2, 0.25) is 0 Å². The molecule has 0 saturated carbocycles. The van der Waals surface area contributed by atoms with Gasteiger partial charge in [0.25, 0.3) is 5.91 Å². The first kappa shape index (κ1) is 23.3. The van der Waals surface area contributed by atoms with Crippen molar-refractivity contribution in [2.75, 3.05) is 25.1 Å². The van der Waals surface area contributed by atoms with Gasteiger partial charge in [0.05, 0.1) is 11.7 Å². The fourth-order valence-corrected chi connectivity index (χ4v) is 4.00. The Balaban J connectivity index is 1.38. The number of hydrogen-bond donors (Lipinski definition) is 4. The number of carbonyl (C=O) groups is 1. The van der Waals surface area contributed by atoms with Gasteiger partial charge in [-0.2, -0.15) is 0 Å². The standard InChI is InChI=1S/C26H33N3O4/c1-17-22-13-19(14-27-16-26(2,3)31)28-24(22)11-10-23(17)29-25(30)18-6-8-20(9-7-18)33-15-21-5-4-12-32-21/h6-11,13,21,27-28,31H,4-5,12,14-16H2,1-3H3,(H,29,30)/t21-/m0/s1. The summed E-state index contributed by atoms with van der Waals surface area (Å²) in [7, 11) is 0. The van der Waals surface area contributed by atoms with Crippen molar-refractivity contribution in [3.05, 3.63) is 59.3 Å². The largest absolute Gasteiger partial charge is 0.491 e. The highest BCUT2D eigenvalue weighted by molar-refractivity contribution is 6.06. The van der Waals surface area contributed by atoms with Gasteiger partial charge in [-0.05, 0) is 81.6 Å². The molecule has 2 heterocycles. The van der Waals surface area contributed by atoms with Crippen molar-refractivity contribution in [3.63, 3.8) is 0 Å². The van der Waals surface area contributed by atoms with Crippen LogP contribution in [0.1, 0.15) is 48.3 Å². The van der Waals surface area contributed by atoms with Crippen LogP contribution in [-0.4, -0.2) is 47.5 Å². The molecule has 0 radical (unpaired) electrons. The van der Waals surface area contributed by atoms with E-state index in [4.69, 9.17) is 9.47 Å². The summed E-state index contributed by atoms with van der Waals surface area (Å²) in [5, 5.41) is 17.2. The highest BCUT2D eigenvalue weighted by Gasteiger charge is 2.17. The Morgan fingerprint density at radius 3 is 2.73 bits per heavy atom. The van der Waals surface area contributed by atoms with E-state index in [0.717, 1.165) is 53.0 Å². The molecule has 0 aliphatic carbocycles. The van der Waals surface area contributed by atoms with Gasteiger partial charge in [-0.25, -0.2) is 0 Å². The molecule has 33 heavy (non-hydrogen) atoms. The van der Waals surface area contributed by atoms with Crippen LogP contribution in [-0.2, 0) is 11.3 Å². The molecule has 4 N–H and O–H groups in total. The van der Waals surface area contributed by atoms with Gasteiger partial charge in [0.1, 0.15) is 12.4 Å². The number of aryl methyl sites for hydroxylation is 1. The molecule has 3 aromatic rings. The third-order valence-electron chi connectivity index (χ3n) is 5.83. The smallest absolute Gasteiger partial charge is 0.255 e. The van der Waals surface area contributed by atoms with Crippen LogP contribution < -0.4 is 15.4 Å². The van der Waals surface area contributed by atoms with Gasteiger partial charge in [-0.15, -0.1) is 0 Å². The molecule has 1 aromatic heterocycles. The number of H-pyrrole nitrogens is 1. The number of aromatic amines is 1. The number of amides is 1. The van der Waals surface area contributed by atoms with Crippen LogP contribution in [0.5, 0.6) is 5.75 Å². The van der Waals surface area contributed by atoms with E-state index in [1.807, 2.05) is 31.2 Å². The van der Waals surface area contributed by atoms with Gasteiger partial charge in [-0.1, -0.05) is 0 Å². The highest BCUT2D eigenvalue weighted by atomic mass is 16.5. The van der Waals surface area contributed by atoms with Gasteiger partial charge in [-0.3, -0.25) is 4.79 Å². The molecule has 4 rings (SSSR count). The fourth-order valence-electron chi connectivity index (χ4n) is 4.00. The molecule has 1 atom stereocenters. The van der Waals surface area contributed by atoms with E-state index in [1.165, 1.54) is 0 Å². The van der Waals surface area contributed by atoms with E-state index < -0.39 is 5.60 Å². The molecule has 1 aliphatic rings. The van der Waals surface area contributed by atoms with Crippen molar-refractivity contribution in [3.8, 4) is 5.75 Å². The monoisotopic (exact) mass is 451 g/mol. The van der Waals surface area contributed by atoms with Gasteiger partial charge >= 0.3 is 0 Å². The third kappa shape index (κ3) is 6.13. The van der Waals surface area contributed by atoms with Crippen LogP contribution in [0.2, 0.25) is 0 Å². The first-order valence-electron chi connectivity index (χ1n) is 11.5. The number of anilines is 1. The second kappa shape index (κ2) is 9.95. The van der Waals surface area contributed by atoms with Crippen LogP contribution in [0.4, 0.5) is 5.69 Å². The Hall–Kier alpha value is -2.87. The van der Waals surface area contributed by atoms with E-state index in [9.17, 15) is 9.90 Å². The van der Waals surface area contributed by atoms with Gasteiger partial charge in [0.15, 0.2) is 0 Å². The van der Waals surface area contributed by atoms with Crippen LogP contribution in [0.25, 0.3) is 10.9 Å². The molecule has 1 saturated heterocycles. The number of ether oxygens (including phenoxy) is 2. The lowest BCUT2D eigenvalue weighted by Crippen LogP contribution is -2.34. The molecule has 1 aliphatic heterocycles. The van der Waals surface area contributed by atoms with Crippen molar-refractivity contribution < 1.29 is 19.4 Å². The second-order valence-electron chi connectivity index (χ2n) is 9.33. The minimum Gasteiger partial charge on any atom is -0.491 e. The van der Waals surface area contributed by atoms with Crippen LogP contribution >= 0.6 is 0 Å². The van der Waals surface area contributed by atoms with E-state index in [0.29, 0.717) is 25.3 Å². The predicted molar refractivity (Wildman–Crippen MR) is 130 cm³/mol. The number of nitrogens with one attached hydrogen (secondary N) is 3. The number of aliphatic hydroxyl groups is 1. The third-order valence-corrected chi connectivity index (χ3v) is 5.83. The van der Waals surface area contributed by atoms with Gasteiger partial charge < -0.3 is 30.2 Å². The quantitative estimate of drug-likeness (QED) is 0.392. The summed E-state index contributed by atoms with van der Waals surface area (Å²) < 4.78 is 11.4. The Morgan fingerprint density at radius 1 is 1.24 bits per heavy atom. The predicted octanol–water partition coefficient (Wildman–Crippen LogP) is 4.15. The zero-order chi connectivity index (χ0) is 23.4. The second-order valence-corrected chi connectivity index (χ2v) is 9.33. The number of benzene rings is 2. The van der Waals surface area contributed by atoms with Crippen LogP contribution in [0.15, 0.2) is 42.5 Å². The summed E-state index contributed by atoms with van der Waals surface area (Å²) in [5.41, 5.74) is 3.64. The van der Waals surface area contributed by atoms with E-state index in [1.54, 1.807) is 26.0 Å². The summed E-state index contributed by atoms with van der Waals surface area (Å²) in [6.45, 7) is 8.02. The number of hydrogen-bond acceptors (Lipinski definition) is 5. The number of aromatic nitrogens is 1. The van der Waals surface area contributed by atoms with Crippen molar-refractivity contribution in [2.45, 2.75) is 51.9 Å². The van der Waals surface area contributed by atoms with Crippen LogP contribution in [0, 0.1) is 6.92 Å². The Kier molecular flexibility index (Phi) is 7.02. The Morgan fingerprint density at radius 2 is 2.03 bits per heavy atom. The molecule has 1 fully saturated rings. The lowest BCUT2D eigenvalue weighted by molar-refractivity contribution is 0.0679. The molecule has 2 aromatic carbocycles. The zero-order valence-corrected chi connectivity index (χ0v) is 19.5. The first-order chi connectivity index (χ1) is 15.8. The van der Waals surface area contributed by atoms with E-state index in [2.05, 4.69) is 21.7 Å². The maximum Gasteiger partial charge on any atom is 0.255 e. The topological polar surface area (TPSA) is 95.6 Å². The maximum absolute atomic E-state index is 12.8. The maximum atomic E-state index is 12.8. The number of carbonyl (C=O) groups excluding carboxylic acids is 1. The molecule has 7 heteroatoms. The molecule has 0 spiro atoms. The highest BCUT2D eigenvalue weighted by Crippen LogP contribution is 2.27. The van der Waals surface area contributed by atoms with E-state index >= 15 is 0 Å². The SMILES string of the molecule is Cc1c(NC(=O)c2ccc(OC[C@@H]3CCCO3)cc2)ccc2[nH]c(CNCC(C)(C)O)cc12. The molecule has 7 nitrogen and oxygen atoms in total. The average molecular weight is 452 g/mol. The average Bonchev–Trinajstić information content (AvgIpc) is 3.44. The molecule has 1 amide bonds. The summed E-state index contributed by atoms with van der Waals surface area (Å²) in [5.74, 6) is 0.573. The first-order valence-corrected chi connectivity index (χ1v) is 11.5. The zero-order valence-electron chi connectivity index (χ0n) is 19.5. The van der Waals surface area contributed by atoms with E-state index in [-0.39, 0.29) is 12.0 Å². The lowest BCUT2D eigenvalue weighted by atomic mass is 10.1. The normalized spacial score (nSPS) is 16.3. The van der Waals surface area contributed by atoms with Crippen LogP contribution in [0.3, 0.4) is 0 Å².